The van der Waals surface area contributed by atoms with Gasteiger partial charge in [0, 0.05) is 36.2 Å². The van der Waals surface area contributed by atoms with Gasteiger partial charge in [0.25, 0.3) is 0 Å². The van der Waals surface area contributed by atoms with Crippen molar-refractivity contribution in [3.63, 3.8) is 0 Å². The number of fused-ring (bicyclic) bond motifs is 3. The van der Waals surface area contributed by atoms with E-state index in [9.17, 15) is 28.7 Å². The fourth-order valence-electron chi connectivity index (χ4n) is 7.76. The summed E-state index contributed by atoms with van der Waals surface area (Å²) < 4.78 is 49.3. The molecule has 4 aromatic rings. The smallest absolute Gasteiger partial charge is 0.387 e. The van der Waals surface area contributed by atoms with Crippen LogP contribution in [0.1, 0.15) is 48.5 Å². The number of hydrogen-bond donors (Lipinski definition) is 2. The third kappa shape index (κ3) is 9.06. The number of benzene rings is 3. The highest BCUT2D eigenvalue weighted by Crippen LogP contribution is 2.46. The number of nitrogens with zero attached hydrogens (tertiary/aromatic N) is 2. The standard InChI is InChI=1S/C41H41Cl2F2N3O8/c42-33-21-48(52)22-34(43)31(33)19-36(27-11-12-35(56-40(44)45)37(17-27)54-23-25-9-10-25)55-38(49)24-53-30-8-4-7-29(18-30)46-41(39(50)51,28-5-2-1-3-6-28)32-20-47-15-13-26(32)14-16-47/h1-8,11-12,17-18,21-22,25-26,32,36,40,46H,9-10,13-16,19-20,23-24H2,(H,50,51)/t32-,36-,41?/m0/s1. The van der Waals surface area contributed by atoms with E-state index < -0.39 is 36.8 Å². The molecule has 0 amide bonds. The minimum atomic E-state index is -3.09. The van der Waals surface area contributed by atoms with Crippen LogP contribution in [0.4, 0.5) is 14.5 Å². The number of alkyl halides is 2. The summed E-state index contributed by atoms with van der Waals surface area (Å²) in [6.45, 7) is -0.793. The van der Waals surface area contributed by atoms with Gasteiger partial charge in [0.05, 0.1) is 6.61 Å². The molecule has 56 heavy (non-hydrogen) atoms. The molecule has 0 spiro atoms. The number of esters is 1. The van der Waals surface area contributed by atoms with Crippen molar-refractivity contribution >= 4 is 40.8 Å². The van der Waals surface area contributed by atoms with Crippen molar-refractivity contribution in [1.29, 1.82) is 0 Å². The molecule has 3 saturated heterocycles. The summed E-state index contributed by atoms with van der Waals surface area (Å²) in [7, 11) is 0. The lowest BCUT2D eigenvalue weighted by Crippen LogP contribution is -2.60. The molecule has 3 aromatic carbocycles. The zero-order chi connectivity index (χ0) is 39.4. The first-order chi connectivity index (χ1) is 27.0. The van der Waals surface area contributed by atoms with E-state index in [0.29, 0.717) is 46.2 Å². The zero-order valence-electron chi connectivity index (χ0n) is 30.3. The van der Waals surface area contributed by atoms with Gasteiger partial charge < -0.3 is 39.5 Å². The molecule has 4 heterocycles. The minimum Gasteiger partial charge on any atom is -0.619 e. The van der Waals surface area contributed by atoms with Crippen molar-refractivity contribution in [2.45, 2.75) is 50.4 Å². The highest BCUT2D eigenvalue weighted by Gasteiger charge is 2.53. The highest BCUT2D eigenvalue weighted by molar-refractivity contribution is 6.35. The Hall–Kier alpha value is -4.85. The second-order valence-corrected chi connectivity index (χ2v) is 15.3. The van der Waals surface area contributed by atoms with Crippen LogP contribution in [-0.4, -0.2) is 61.4 Å². The number of carboxylic acid groups (broad SMARTS) is 1. The molecular weight excluding hydrogens is 771 g/mol. The number of anilines is 1. The van der Waals surface area contributed by atoms with Crippen LogP contribution in [0.15, 0.2) is 85.2 Å². The van der Waals surface area contributed by atoms with E-state index >= 15 is 0 Å². The van der Waals surface area contributed by atoms with Crippen LogP contribution in [0, 0.1) is 23.0 Å². The predicted octanol–water partition coefficient (Wildman–Crippen LogP) is 7.66. The summed E-state index contributed by atoms with van der Waals surface area (Å²) in [4.78, 5) is 29.2. The number of carbonyl (C=O) groups excluding carboxylic acids is 1. The number of rotatable bonds is 17. The van der Waals surface area contributed by atoms with Crippen molar-refractivity contribution in [2.75, 3.05) is 38.2 Å². The first-order valence-electron chi connectivity index (χ1n) is 18.5. The Bertz CT molecular complexity index is 2010. The lowest BCUT2D eigenvalue weighted by atomic mass is 9.65. The van der Waals surface area contributed by atoms with Crippen molar-refractivity contribution < 1.29 is 47.2 Å². The molecule has 3 aliphatic heterocycles. The van der Waals surface area contributed by atoms with Gasteiger partial charge in [0.15, 0.2) is 36.0 Å². The van der Waals surface area contributed by atoms with Crippen molar-refractivity contribution in [1.82, 2.24) is 4.90 Å². The van der Waals surface area contributed by atoms with Gasteiger partial charge in [-0.05, 0) is 86.0 Å². The van der Waals surface area contributed by atoms with Crippen LogP contribution in [0.2, 0.25) is 10.0 Å². The molecule has 15 heteroatoms. The summed E-state index contributed by atoms with van der Waals surface area (Å²) in [5, 5.41) is 26.4. The molecule has 4 fully saturated rings. The van der Waals surface area contributed by atoms with Crippen molar-refractivity contribution in [3.8, 4) is 17.2 Å². The predicted molar refractivity (Wildman–Crippen MR) is 203 cm³/mol. The molecule has 4 aliphatic rings. The number of aliphatic carboxylic acids is 1. The second-order valence-electron chi connectivity index (χ2n) is 14.5. The first-order valence-corrected chi connectivity index (χ1v) is 19.2. The Morgan fingerprint density at radius 2 is 1.68 bits per heavy atom. The van der Waals surface area contributed by atoms with Gasteiger partial charge in [-0.3, -0.25) is 0 Å². The third-order valence-corrected chi connectivity index (χ3v) is 11.4. The molecular formula is C41H41Cl2F2N3O8. The summed E-state index contributed by atoms with van der Waals surface area (Å²) in [5.41, 5.74) is 0.380. The fourth-order valence-corrected chi connectivity index (χ4v) is 8.36. The average molecular weight is 813 g/mol. The maximum absolute atomic E-state index is 13.5. The van der Waals surface area contributed by atoms with E-state index in [1.807, 2.05) is 30.3 Å². The van der Waals surface area contributed by atoms with Crippen LogP contribution < -0.4 is 24.3 Å². The highest BCUT2D eigenvalue weighted by atomic mass is 35.5. The van der Waals surface area contributed by atoms with E-state index in [-0.39, 0.29) is 45.6 Å². The number of carbonyl (C=O) groups is 2. The number of ether oxygens (including phenoxy) is 4. The number of pyridine rings is 1. The molecule has 8 rings (SSSR count). The normalized spacial score (nSPS) is 20.5. The Labute approximate surface area is 332 Å². The largest absolute Gasteiger partial charge is 0.619 e. The molecule has 0 radical (unpaired) electrons. The molecule has 2 N–H and O–H groups in total. The average Bonchev–Trinajstić information content (AvgIpc) is 4.02. The molecule has 1 aliphatic carbocycles. The van der Waals surface area contributed by atoms with E-state index in [1.165, 1.54) is 18.2 Å². The SMILES string of the molecule is O=C(COc1cccc(NC(C(=O)O)(c2ccccc2)[C@H]2CN3CCC2CC3)c1)O[C@@H](Cc1c(Cl)c[n+]([O-])cc1Cl)c1ccc(OC(F)F)c(OCC2CC2)c1. The van der Waals surface area contributed by atoms with Crippen molar-refractivity contribution in [2.24, 2.45) is 17.8 Å². The fraction of sp³-hybridized carbons (Fsp3) is 0.390. The molecule has 1 aromatic heterocycles. The maximum atomic E-state index is 13.5. The van der Waals surface area contributed by atoms with Crippen LogP contribution in [0.25, 0.3) is 0 Å². The van der Waals surface area contributed by atoms with Gasteiger partial charge in [-0.25, -0.2) is 9.59 Å². The summed E-state index contributed by atoms with van der Waals surface area (Å²) >= 11 is 12.8. The number of aromatic nitrogens is 1. The van der Waals surface area contributed by atoms with Gasteiger partial charge in [0.1, 0.15) is 21.9 Å². The molecule has 3 atom stereocenters. The van der Waals surface area contributed by atoms with E-state index in [0.717, 1.165) is 51.2 Å². The lowest BCUT2D eigenvalue weighted by molar-refractivity contribution is -0.605. The molecule has 2 bridgehead atoms. The van der Waals surface area contributed by atoms with Gasteiger partial charge in [0.2, 0.25) is 0 Å². The molecule has 1 saturated carbocycles. The van der Waals surface area contributed by atoms with E-state index in [4.69, 9.17) is 42.1 Å². The van der Waals surface area contributed by atoms with Crippen LogP contribution in [-0.2, 0) is 26.3 Å². The number of hydrogen-bond acceptors (Lipinski definition) is 9. The maximum Gasteiger partial charge on any atom is 0.387 e. The van der Waals surface area contributed by atoms with Crippen LogP contribution in [0.5, 0.6) is 17.2 Å². The summed E-state index contributed by atoms with van der Waals surface area (Å²) in [5.74, 6) is -1.31. The number of carboxylic acids is 1. The quantitative estimate of drug-likeness (QED) is 0.0622. The second kappa shape index (κ2) is 17.1. The van der Waals surface area contributed by atoms with Crippen LogP contribution >= 0.6 is 23.2 Å². The van der Waals surface area contributed by atoms with E-state index in [1.54, 1.807) is 24.3 Å². The monoisotopic (exact) mass is 811 g/mol. The Morgan fingerprint density at radius 3 is 2.32 bits per heavy atom. The Balaban J connectivity index is 1.11. The number of nitrogens with one attached hydrogen (secondary N) is 1. The van der Waals surface area contributed by atoms with Crippen LogP contribution in [0.3, 0.4) is 0 Å². The summed E-state index contributed by atoms with van der Waals surface area (Å²) in [6.07, 6.45) is 4.82. The lowest BCUT2D eigenvalue weighted by Gasteiger charge is -2.52. The molecule has 1 unspecified atom stereocenters. The zero-order valence-corrected chi connectivity index (χ0v) is 31.8. The number of piperidine rings is 3. The minimum absolute atomic E-state index is 0.0307. The third-order valence-electron chi connectivity index (χ3n) is 10.8. The molecule has 11 nitrogen and oxygen atoms in total. The van der Waals surface area contributed by atoms with E-state index in [2.05, 4.69) is 10.2 Å². The van der Waals surface area contributed by atoms with Gasteiger partial charge in [-0.15, -0.1) is 0 Å². The summed E-state index contributed by atoms with van der Waals surface area (Å²) in [6, 6.07) is 20.2. The van der Waals surface area contributed by atoms with Gasteiger partial charge in [-0.2, -0.15) is 13.5 Å². The number of halogens is 4. The topological polar surface area (TPSA) is 134 Å². The first kappa shape index (κ1) is 39.4. The van der Waals surface area contributed by atoms with Gasteiger partial charge in [-0.1, -0.05) is 65.7 Å². The molecule has 296 valence electrons. The van der Waals surface area contributed by atoms with Crippen molar-refractivity contribution in [3.05, 3.63) is 117 Å². The Kier molecular flexibility index (Phi) is 12.0. The van der Waals surface area contributed by atoms with Gasteiger partial charge >= 0.3 is 18.6 Å². The Morgan fingerprint density at radius 1 is 0.946 bits per heavy atom.